The van der Waals surface area contributed by atoms with Gasteiger partial charge in [-0.2, -0.15) is 5.10 Å². The maximum atomic E-state index is 14.7. The van der Waals surface area contributed by atoms with E-state index in [4.69, 9.17) is 4.74 Å². The SMILES string of the molecule is Cc1cnc2c(n1)c(=O)c(-c1cc3cc([C@@H]4CCOC4)ncc3s1)nn2-c1c(F)cc(F)cc1F. The second-order valence-electron chi connectivity index (χ2n) is 8.31. The molecule has 11 heteroatoms. The van der Waals surface area contributed by atoms with Crippen molar-refractivity contribution in [3.63, 3.8) is 0 Å². The van der Waals surface area contributed by atoms with Crippen LogP contribution in [0.5, 0.6) is 0 Å². The first-order valence-corrected chi connectivity index (χ1v) is 11.6. The van der Waals surface area contributed by atoms with Crippen molar-refractivity contribution in [1.29, 1.82) is 0 Å². The van der Waals surface area contributed by atoms with Crippen LogP contribution in [-0.2, 0) is 4.74 Å². The molecule has 7 nitrogen and oxygen atoms in total. The summed E-state index contributed by atoms with van der Waals surface area (Å²) in [6, 6.07) is 4.84. The molecule has 0 radical (unpaired) electrons. The highest BCUT2D eigenvalue weighted by molar-refractivity contribution is 7.22. The molecule has 1 fully saturated rings. The van der Waals surface area contributed by atoms with Crippen molar-refractivity contribution in [2.24, 2.45) is 0 Å². The molecule has 1 aliphatic heterocycles. The van der Waals surface area contributed by atoms with Gasteiger partial charge in [0.2, 0.25) is 5.43 Å². The highest BCUT2D eigenvalue weighted by Crippen LogP contribution is 2.34. The fourth-order valence-electron chi connectivity index (χ4n) is 4.21. The molecule has 1 aliphatic rings. The first kappa shape index (κ1) is 21.8. The van der Waals surface area contributed by atoms with Crippen molar-refractivity contribution in [1.82, 2.24) is 24.7 Å². The van der Waals surface area contributed by atoms with Crippen LogP contribution in [0.1, 0.15) is 23.7 Å². The number of hydrogen-bond donors (Lipinski definition) is 0. The summed E-state index contributed by atoms with van der Waals surface area (Å²) >= 11 is 1.28. The van der Waals surface area contributed by atoms with Crippen LogP contribution in [0.25, 0.3) is 37.5 Å². The molecule has 5 aromatic rings. The summed E-state index contributed by atoms with van der Waals surface area (Å²) in [7, 11) is 0. The van der Waals surface area contributed by atoms with Crippen molar-refractivity contribution in [3.8, 4) is 16.3 Å². The molecule has 4 aromatic heterocycles. The molecule has 1 atom stereocenters. The number of hydrogen-bond acceptors (Lipinski definition) is 7. The number of ether oxygens (including phenoxy) is 1. The van der Waals surface area contributed by atoms with Crippen molar-refractivity contribution >= 4 is 32.6 Å². The molecule has 0 bridgehead atoms. The van der Waals surface area contributed by atoms with Gasteiger partial charge in [-0.15, -0.1) is 11.3 Å². The minimum Gasteiger partial charge on any atom is -0.381 e. The van der Waals surface area contributed by atoms with Crippen LogP contribution in [0, 0.1) is 24.4 Å². The number of aryl methyl sites for hydroxylation is 1. The van der Waals surface area contributed by atoms with Crippen LogP contribution in [0.15, 0.2) is 41.5 Å². The van der Waals surface area contributed by atoms with E-state index in [1.807, 2.05) is 6.07 Å². The van der Waals surface area contributed by atoms with E-state index < -0.39 is 28.6 Å². The van der Waals surface area contributed by atoms with E-state index in [1.165, 1.54) is 17.5 Å². The van der Waals surface area contributed by atoms with Gasteiger partial charge in [-0.05, 0) is 30.9 Å². The predicted octanol–water partition coefficient (Wildman–Crippen LogP) is 4.68. The molecule has 1 saturated heterocycles. The Bertz CT molecular complexity index is 1670. The maximum absolute atomic E-state index is 14.7. The lowest BCUT2D eigenvalue weighted by atomic mass is 10.0. The van der Waals surface area contributed by atoms with E-state index in [0.717, 1.165) is 26.9 Å². The zero-order valence-corrected chi connectivity index (χ0v) is 19.1. The van der Waals surface area contributed by atoms with Gasteiger partial charge in [-0.1, -0.05) is 0 Å². The Hall–Kier alpha value is -3.70. The molecular formula is C24H16F3N5O2S. The molecule has 0 N–H and O–H groups in total. The van der Waals surface area contributed by atoms with Crippen molar-refractivity contribution < 1.29 is 17.9 Å². The third kappa shape index (κ3) is 3.67. The van der Waals surface area contributed by atoms with E-state index >= 15 is 0 Å². The molecule has 176 valence electrons. The van der Waals surface area contributed by atoms with E-state index in [2.05, 4.69) is 20.1 Å². The molecule has 0 amide bonds. The minimum atomic E-state index is -1.18. The smallest absolute Gasteiger partial charge is 0.236 e. The van der Waals surface area contributed by atoms with Crippen molar-refractivity contribution in [2.75, 3.05) is 13.2 Å². The van der Waals surface area contributed by atoms with Crippen LogP contribution >= 0.6 is 11.3 Å². The van der Waals surface area contributed by atoms with Gasteiger partial charge in [0, 0.05) is 36.5 Å². The van der Waals surface area contributed by atoms with Gasteiger partial charge >= 0.3 is 0 Å². The van der Waals surface area contributed by atoms with Crippen molar-refractivity contribution in [2.45, 2.75) is 19.3 Å². The van der Waals surface area contributed by atoms with Gasteiger partial charge in [-0.3, -0.25) is 9.78 Å². The summed E-state index contributed by atoms with van der Waals surface area (Å²) in [4.78, 5) is 26.8. The Kier molecular flexibility index (Phi) is 5.11. The topological polar surface area (TPSA) is 82.8 Å². The van der Waals surface area contributed by atoms with Gasteiger partial charge in [-0.25, -0.2) is 27.8 Å². The summed E-state index contributed by atoms with van der Waals surface area (Å²) in [6.07, 6.45) is 3.98. The van der Waals surface area contributed by atoms with Gasteiger partial charge in [0.1, 0.15) is 11.5 Å². The Morgan fingerprint density at radius 1 is 1.09 bits per heavy atom. The number of rotatable bonds is 3. The van der Waals surface area contributed by atoms with Crippen LogP contribution in [0.4, 0.5) is 13.2 Å². The number of fused-ring (bicyclic) bond motifs is 2. The van der Waals surface area contributed by atoms with Crippen LogP contribution in [0.3, 0.4) is 0 Å². The Labute approximate surface area is 199 Å². The maximum Gasteiger partial charge on any atom is 0.236 e. The molecule has 0 aliphatic carbocycles. The summed E-state index contributed by atoms with van der Waals surface area (Å²) < 4.78 is 50.1. The standard InChI is InChI=1S/C24H16F3N5O2S/c1-11-8-29-24-21(30-11)23(33)20(31-32(24)22-15(26)6-14(25)7-16(22)27)18-5-13-4-17(12-2-3-34-10-12)28-9-19(13)35-18/h4-9,12H,2-3,10H2,1H3/t12-/m1/s1. The highest BCUT2D eigenvalue weighted by atomic mass is 32.1. The van der Waals surface area contributed by atoms with E-state index in [0.29, 0.717) is 35.9 Å². The Morgan fingerprint density at radius 2 is 1.89 bits per heavy atom. The fourth-order valence-corrected chi connectivity index (χ4v) is 5.20. The number of pyridine rings is 1. The van der Waals surface area contributed by atoms with Crippen LogP contribution < -0.4 is 5.43 Å². The average Bonchev–Trinajstić information content (AvgIpc) is 3.49. The Balaban J connectivity index is 1.59. The third-order valence-corrected chi connectivity index (χ3v) is 7.00. The quantitative estimate of drug-likeness (QED) is 0.362. The molecule has 0 unspecified atom stereocenters. The zero-order chi connectivity index (χ0) is 24.3. The first-order valence-electron chi connectivity index (χ1n) is 10.8. The summed E-state index contributed by atoms with van der Waals surface area (Å²) in [6.45, 7) is 2.95. The lowest BCUT2D eigenvalue weighted by molar-refractivity contribution is 0.193. The lowest BCUT2D eigenvalue weighted by Crippen LogP contribution is -2.19. The predicted molar refractivity (Wildman–Crippen MR) is 124 cm³/mol. The molecular weight excluding hydrogens is 479 g/mol. The normalized spacial score (nSPS) is 15.9. The van der Waals surface area contributed by atoms with Gasteiger partial charge in [0.25, 0.3) is 0 Å². The molecule has 5 heterocycles. The molecule has 1 aromatic carbocycles. The van der Waals surface area contributed by atoms with Crippen molar-refractivity contribution in [3.05, 3.63) is 75.7 Å². The zero-order valence-electron chi connectivity index (χ0n) is 18.3. The van der Waals surface area contributed by atoms with Gasteiger partial charge in [0.05, 0.1) is 28.1 Å². The van der Waals surface area contributed by atoms with Gasteiger partial charge < -0.3 is 4.74 Å². The third-order valence-electron chi connectivity index (χ3n) is 5.90. The second kappa shape index (κ2) is 8.21. The van der Waals surface area contributed by atoms with Crippen LogP contribution in [0.2, 0.25) is 0 Å². The van der Waals surface area contributed by atoms with E-state index in [1.54, 1.807) is 19.2 Å². The van der Waals surface area contributed by atoms with Crippen LogP contribution in [-0.4, -0.2) is 37.9 Å². The first-order chi connectivity index (χ1) is 16.9. The largest absolute Gasteiger partial charge is 0.381 e. The molecule has 0 spiro atoms. The number of thiophene rings is 1. The van der Waals surface area contributed by atoms with E-state index in [-0.39, 0.29) is 22.8 Å². The Morgan fingerprint density at radius 3 is 2.63 bits per heavy atom. The number of aromatic nitrogens is 5. The number of nitrogens with zero attached hydrogens (tertiary/aromatic N) is 5. The summed E-state index contributed by atoms with van der Waals surface area (Å²) in [5.74, 6) is -3.23. The molecule has 35 heavy (non-hydrogen) atoms. The number of halogens is 3. The number of benzene rings is 1. The monoisotopic (exact) mass is 495 g/mol. The van der Waals surface area contributed by atoms with Gasteiger partial charge in [0.15, 0.2) is 28.5 Å². The highest BCUT2D eigenvalue weighted by Gasteiger charge is 2.23. The molecule has 0 saturated carbocycles. The summed E-state index contributed by atoms with van der Waals surface area (Å²) in [5.41, 5.74) is -0.117. The fraction of sp³-hybridized carbons (Fsp3) is 0.208. The second-order valence-corrected chi connectivity index (χ2v) is 9.39. The lowest BCUT2D eigenvalue weighted by Gasteiger charge is -2.12. The van der Waals surface area contributed by atoms with E-state index in [9.17, 15) is 18.0 Å². The molecule has 6 rings (SSSR count). The minimum absolute atomic E-state index is 0.0486. The summed E-state index contributed by atoms with van der Waals surface area (Å²) in [5, 5.41) is 5.15. The average molecular weight is 495 g/mol.